The zero-order chi connectivity index (χ0) is 29.2. The second kappa shape index (κ2) is 9.72. The van der Waals surface area contributed by atoms with Crippen molar-refractivity contribution in [1.82, 2.24) is 4.90 Å². The van der Waals surface area contributed by atoms with Gasteiger partial charge in [-0.05, 0) is 65.6 Å². The number of halogens is 2. The Kier molecular flexibility index (Phi) is 6.19. The van der Waals surface area contributed by atoms with Crippen molar-refractivity contribution in [2.45, 2.75) is 23.1 Å². The van der Waals surface area contributed by atoms with Crippen LogP contribution in [0.15, 0.2) is 97.1 Å². The molecule has 1 aliphatic heterocycles. The summed E-state index contributed by atoms with van der Waals surface area (Å²) in [7, 11) is 0. The predicted octanol–water partition coefficient (Wildman–Crippen LogP) is 6.71. The number of ether oxygens (including phenoxy) is 1. The van der Waals surface area contributed by atoms with E-state index in [2.05, 4.69) is 5.32 Å². The van der Waals surface area contributed by atoms with E-state index in [9.17, 15) is 14.4 Å². The fraction of sp³-hybridized carbons (Fsp3) is 0.206. The number of nitrogens with zero attached hydrogens (tertiary/aromatic N) is 1. The molecular formula is C34H26Cl2N2O4. The first-order valence-electron chi connectivity index (χ1n) is 13.8. The number of likely N-dealkylation sites (tertiary alicyclic amines) is 1. The molecule has 210 valence electrons. The van der Waals surface area contributed by atoms with Gasteiger partial charge in [0.15, 0.2) is 0 Å². The van der Waals surface area contributed by atoms with E-state index < -0.39 is 33.4 Å². The van der Waals surface area contributed by atoms with Gasteiger partial charge in [0.1, 0.15) is 21.2 Å². The molecule has 1 fully saturated rings. The number of imide groups is 1. The minimum Gasteiger partial charge on any atom is -0.457 e. The summed E-state index contributed by atoms with van der Waals surface area (Å²) in [6.07, 6.45) is -0.0665. The summed E-state index contributed by atoms with van der Waals surface area (Å²) in [4.78, 5) is 39.4. The lowest BCUT2D eigenvalue weighted by Crippen LogP contribution is -2.57. The highest BCUT2D eigenvalue weighted by Gasteiger charge is 2.72. The third-order valence-electron chi connectivity index (χ3n) is 8.63. The van der Waals surface area contributed by atoms with E-state index in [1.165, 1.54) is 4.90 Å². The van der Waals surface area contributed by atoms with E-state index in [1.54, 1.807) is 24.3 Å². The van der Waals surface area contributed by atoms with Crippen LogP contribution in [0.4, 0.5) is 5.69 Å². The van der Waals surface area contributed by atoms with Crippen LogP contribution in [0, 0.1) is 18.8 Å². The molecule has 1 saturated heterocycles. The molecule has 3 amide bonds. The normalized spacial score (nSPS) is 25.1. The average Bonchev–Trinajstić information content (AvgIpc) is 3.27. The second-order valence-electron chi connectivity index (χ2n) is 11.0. The molecule has 4 aromatic rings. The summed E-state index contributed by atoms with van der Waals surface area (Å²) >= 11 is 14.9. The Morgan fingerprint density at radius 2 is 1.17 bits per heavy atom. The summed E-state index contributed by atoms with van der Waals surface area (Å²) in [5.74, 6) is -1.53. The number of alkyl halides is 2. The van der Waals surface area contributed by atoms with Gasteiger partial charge in [-0.1, -0.05) is 66.2 Å². The highest BCUT2D eigenvalue weighted by atomic mass is 35.5. The molecule has 8 rings (SSSR count). The quantitative estimate of drug-likeness (QED) is 0.198. The van der Waals surface area contributed by atoms with E-state index >= 15 is 0 Å². The maximum absolute atomic E-state index is 13.9. The van der Waals surface area contributed by atoms with Gasteiger partial charge in [0.25, 0.3) is 0 Å². The standard InChI is InChI=1S/C34H26Cl2N2O4/c1-20-10-14-22(15-11-20)42-23-16-12-21(13-17-23)37-28(39)18-19-38-31(40)29-30(32(38)41)34(36)25-7-3-2-6-24(25)33(29,35)26-8-4-5-9-27(26)34/h2-17,29-30H,18-19H2,1H3,(H,37,39)/t29-,30-,33?,34?/m0/s1. The van der Waals surface area contributed by atoms with Crippen molar-refractivity contribution in [3.05, 3.63) is 125 Å². The Morgan fingerprint density at radius 1 is 0.738 bits per heavy atom. The Hall–Kier alpha value is -4.13. The van der Waals surface area contributed by atoms with Gasteiger partial charge in [-0.15, -0.1) is 23.2 Å². The smallest absolute Gasteiger partial charge is 0.235 e. The van der Waals surface area contributed by atoms with Crippen LogP contribution in [-0.4, -0.2) is 29.2 Å². The van der Waals surface area contributed by atoms with Crippen molar-refractivity contribution < 1.29 is 19.1 Å². The van der Waals surface area contributed by atoms with Gasteiger partial charge in [0.2, 0.25) is 17.7 Å². The first-order chi connectivity index (χ1) is 20.2. The largest absolute Gasteiger partial charge is 0.457 e. The van der Waals surface area contributed by atoms with E-state index in [0.717, 1.165) is 33.6 Å². The van der Waals surface area contributed by atoms with Crippen molar-refractivity contribution >= 4 is 46.6 Å². The Labute approximate surface area is 253 Å². The maximum Gasteiger partial charge on any atom is 0.235 e. The van der Waals surface area contributed by atoms with Gasteiger partial charge in [0.05, 0.1) is 11.8 Å². The topological polar surface area (TPSA) is 75.7 Å². The fourth-order valence-electron chi connectivity index (χ4n) is 6.73. The molecule has 0 radical (unpaired) electrons. The van der Waals surface area contributed by atoms with Crippen LogP contribution in [0.1, 0.15) is 34.2 Å². The lowest BCUT2D eigenvalue weighted by atomic mass is 9.54. The molecule has 2 bridgehead atoms. The minimum atomic E-state index is -1.24. The lowest BCUT2D eigenvalue weighted by molar-refractivity contribution is -0.140. The molecule has 8 heteroatoms. The number of carbonyl (C=O) groups excluding carboxylic acids is 3. The van der Waals surface area contributed by atoms with Crippen LogP contribution in [0.5, 0.6) is 11.5 Å². The van der Waals surface area contributed by atoms with Crippen LogP contribution in [-0.2, 0) is 24.1 Å². The van der Waals surface area contributed by atoms with Gasteiger partial charge in [0, 0.05) is 18.7 Å². The van der Waals surface area contributed by atoms with Gasteiger partial charge in [-0.3, -0.25) is 19.3 Å². The molecule has 3 aliphatic carbocycles. The molecule has 0 unspecified atom stereocenters. The van der Waals surface area contributed by atoms with Gasteiger partial charge < -0.3 is 10.1 Å². The molecule has 4 aromatic carbocycles. The number of anilines is 1. The SMILES string of the molecule is Cc1ccc(Oc2ccc(NC(=O)CCN3C(=O)[C@@H]4[C@@H](C3=O)C3(Cl)c5ccccc5C4(Cl)c4ccccc43)cc2)cc1. The fourth-order valence-corrected chi connectivity index (χ4v) is 7.83. The monoisotopic (exact) mass is 596 g/mol. The number of rotatable bonds is 6. The summed E-state index contributed by atoms with van der Waals surface area (Å²) < 4.78 is 5.85. The molecule has 1 heterocycles. The molecule has 0 saturated carbocycles. The third-order valence-corrected chi connectivity index (χ3v) is 9.92. The summed E-state index contributed by atoms with van der Waals surface area (Å²) in [5.41, 5.74) is 4.71. The van der Waals surface area contributed by atoms with E-state index in [0.29, 0.717) is 11.4 Å². The zero-order valence-electron chi connectivity index (χ0n) is 22.6. The Balaban J connectivity index is 1.08. The molecule has 6 nitrogen and oxygen atoms in total. The van der Waals surface area contributed by atoms with Crippen LogP contribution < -0.4 is 10.1 Å². The van der Waals surface area contributed by atoms with Gasteiger partial charge >= 0.3 is 0 Å². The molecular weight excluding hydrogens is 571 g/mol. The van der Waals surface area contributed by atoms with Crippen molar-refractivity contribution in [3.8, 4) is 11.5 Å². The summed E-state index contributed by atoms with van der Waals surface area (Å²) in [5, 5.41) is 2.83. The number of nitrogens with one attached hydrogen (secondary N) is 1. The number of hydrogen-bond acceptors (Lipinski definition) is 4. The molecule has 1 N–H and O–H groups in total. The summed E-state index contributed by atoms with van der Waals surface area (Å²) in [6, 6.07) is 29.7. The number of benzene rings is 4. The third kappa shape index (κ3) is 3.82. The van der Waals surface area contributed by atoms with Crippen molar-refractivity contribution in [2.75, 3.05) is 11.9 Å². The highest BCUT2D eigenvalue weighted by molar-refractivity contribution is 6.36. The number of amides is 3. The van der Waals surface area contributed by atoms with Crippen molar-refractivity contribution in [2.24, 2.45) is 11.8 Å². The highest BCUT2D eigenvalue weighted by Crippen LogP contribution is 2.69. The van der Waals surface area contributed by atoms with Crippen molar-refractivity contribution in [1.29, 1.82) is 0 Å². The van der Waals surface area contributed by atoms with Crippen molar-refractivity contribution in [3.63, 3.8) is 0 Å². The van der Waals surface area contributed by atoms with E-state index in [1.807, 2.05) is 79.7 Å². The number of carbonyl (C=O) groups is 3. The predicted molar refractivity (Wildman–Crippen MR) is 161 cm³/mol. The second-order valence-corrected chi connectivity index (χ2v) is 12.2. The van der Waals surface area contributed by atoms with Crippen LogP contribution in [0.2, 0.25) is 0 Å². The number of hydrogen-bond donors (Lipinski definition) is 1. The maximum atomic E-state index is 13.9. The molecule has 2 atom stereocenters. The molecule has 0 spiro atoms. The molecule has 42 heavy (non-hydrogen) atoms. The van der Waals surface area contributed by atoms with Crippen LogP contribution >= 0.6 is 23.2 Å². The van der Waals surface area contributed by atoms with E-state index in [4.69, 9.17) is 27.9 Å². The van der Waals surface area contributed by atoms with Gasteiger partial charge in [-0.2, -0.15) is 0 Å². The minimum absolute atomic E-state index is 0.0665. The number of aryl methyl sites for hydroxylation is 1. The summed E-state index contributed by atoms with van der Waals surface area (Å²) in [6.45, 7) is 1.94. The lowest BCUT2D eigenvalue weighted by Gasteiger charge is -2.54. The van der Waals surface area contributed by atoms with Gasteiger partial charge in [-0.25, -0.2) is 0 Å². The van der Waals surface area contributed by atoms with Crippen LogP contribution in [0.3, 0.4) is 0 Å². The molecule has 4 aliphatic rings. The average molecular weight is 597 g/mol. The zero-order valence-corrected chi connectivity index (χ0v) is 24.2. The first-order valence-corrected chi connectivity index (χ1v) is 14.6. The Morgan fingerprint density at radius 3 is 1.62 bits per heavy atom. The first kappa shape index (κ1) is 26.7. The Bertz CT molecular complexity index is 1630. The van der Waals surface area contributed by atoms with Crippen LogP contribution in [0.25, 0.3) is 0 Å². The van der Waals surface area contributed by atoms with E-state index in [-0.39, 0.29) is 18.9 Å². The molecule has 0 aromatic heterocycles.